The van der Waals surface area contributed by atoms with Gasteiger partial charge in [-0.25, -0.2) is 0 Å². The summed E-state index contributed by atoms with van der Waals surface area (Å²) in [6.07, 6.45) is 4.59. The maximum atomic E-state index is 12.3. The fraction of sp³-hybridized carbons (Fsp3) is 0.379. The van der Waals surface area contributed by atoms with Crippen LogP contribution < -0.4 is 10.1 Å². The summed E-state index contributed by atoms with van der Waals surface area (Å²) >= 11 is 0. The highest BCUT2D eigenvalue weighted by atomic mass is 16.5. The molecule has 2 heterocycles. The lowest BCUT2D eigenvalue weighted by atomic mass is 9.87. The first-order valence-corrected chi connectivity index (χ1v) is 12.5. The average Bonchev–Trinajstić information content (AvgIpc) is 2.87. The maximum Gasteiger partial charge on any atom is 0.226 e. The molecule has 2 aliphatic rings. The van der Waals surface area contributed by atoms with Crippen molar-refractivity contribution in [2.24, 2.45) is 0 Å². The summed E-state index contributed by atoms with van der Waals surface area (Å²) in [6.45, 7) is 6.40. The number of pyridine rings is 1. The van der Waals surface area contributed by atoms with Crippen LogP contribution in [-0.4, -0.2) is 54.2 Å². The molecule has 2 fully saturated rings. The molecule has 5 rings (SSSR count). The fourth-order valence-electron chi connectivity index (χ4n) is 4.81. The highest BCUT2D eigenvalue weighted by Gasteiger charge is 2.35. The predicted octanol–water partition coefficient (Wildman–Crippen LogP) is 4.16. The summed E-state index contributed by atoms with van der Waals surface area (Å²) in [5.74, 6) is 0.898. The Hall–Kier alpha value is -3.22. The van der Waals surface area contributed by atoms with E-state index in [1.54, 1.807) is 0 Å². The van der Waals surface area contributed by atoms with Crippen molar-refractivity contribution in [2.75, 3.05) is 26.3 Å². The third-order valence-electron chi connectivity index (χ3n) is 6.94. The molecule has 2 aromatic carbocycles. The molecule has 1 aliphatic carbocycles. The first-order chi connectivity index (χ1) is 17.1. The zero-order valence-electron chi connectivity index (χ0n) is 20.3. The third kappa shape index (κ3) is 6.08. The molecule has 0 unspecified atom stereocenters. The second-order valence-corrected chi connectivity index (χ2v) is 9.47. The van der Waals surface area contributed by atoms with Crippen LogP contribution >= 0.6 is 0 Å². The third-order valence-corrected chi connectivity index (χ3v) is 6.94. The molecule has 3 aromatic rings. The second kappa shape index (κ2) is 11.0. The topological polar surface area (TPSA) is 63.7 Å². The highest BCUT2D eigenvalue weighted by molar-refractivity contribution is 5.78. The predicted molar refractivity (Wildman–Crippen MR) is 136 cm³/mol. The number of carbonyl (C=O) groups is 1. The SMILES string of the molecule is Cc1cc(OC2CC(N3CCOCC3)C2)ccc1-c1ccc(CC(=O)NCc2ccccc2)nc1. The molecule has 1 aliphatic heterocycles. The van der Waals surface area contributed by atoms with Gasteiger partial charge in [-0.1, -0.05) is 42.5 Å². The summed E-state index contributed by atoms with van der Waals surface area (Å²) < 4.78 is 11.7. The van der Waals surface area contributed by atoms with Gasteiger partial charge < -0.3 is 14.8 Å². The van der Waals surface area contributed by atoms with Crippen molar-refractivity contribution >= 4 is 5.91 Å². The van der Waals surface area contributed by atoms with Crippen LogP contribution in [0.25, 0.3) is 11.1 Å². The first kappa shape index (κ1) is 23.5. The maximum absolute atomic E-state index is 12.3. The monoisotopic (exact) mass is 471 g/mol. The number of carbonyl (C=O) groups excluding carboxylic acids is 1. The number of morpholine rings is 1. The molecule has 1 saturated carbocycles. The Balaban J connectivity index is 1.12. The van der Waals surface area contributed by atoms with Gasteiger partial charge in [-0.3, -0.25) is 14.7 Å². The van der Waals surface area contributed by atoms with Crippen molar-refractivity contribution in [3.8, 4) is 16.9 Å². The lowest BCUT2D eigenvalue weighted by Gasteiger charge is -2.44. The standard InChI is InChI=1S/C29H33N3O3/c1-21-15-26(35-27-17-25(18-27)32-11-13-34-14-12-32)9-10-28(21)23-7-8-24(30-20-23)16-29(33)31-19-22-5-3-2-4-6-22/h2-10,15,20,25,27H,11-14,16-19H2,1H3,(H,31,33). The minimum Gasteiger partial charge on any atom is -0.490 e. The van der Waals surface area contributed by atoms with E-state index in [1.165, 1.54) is 0 Å². The van der Waals surface area contributed by atoms with Crippen LogP contribution in [0.15, 0.2) is 66.9 Å². The van der Waals surface area contributed by atoms with Crippen LogP contribution in [0.1, 0.15) is 29.7 Å². The second-order valence-electron chi connectivity index (χ2n) is 9.47. The minimum absolute atomic E-state index is 0.0290. The molecule has 1 aromatic heterocycles. The molecule has 182 valence electrons. The van der Waals surface area contributed by atoms with Crippen molar-refractivity contribution in [2.45, 2.75) is 44.9 Å². The van der Waals surface area contributed by atoms with Gasteiger partial charge >= 0.3 is 0 Å². The Morgan fingerprint density at radius 1 is 1.09 bits per heavy atom. The molecule has 0 bridgehead atoms. The van der Waals surface area contributed by atoms with Gasteiger partial charge in [0.2, 0.25) is 5.91 Å². The Kier molecular flexibility index (Phi) is 7.40. The molecule has 1 amide bonds. The number of aromatic nitrogens is 1. The number of nitrogens with one attached hydrogen (secondary N) is 1. The Bertz CT molecular complexity index is 1120. The van der Waals surface area contributed by atoms with E-state index < -0.39 is 0 Å². The van der Waals surface area contributed by atoms with E-state index in [0.29, 0.717) is 18.7 Å². The minimum atomic E-state index is -0.0290. The summed E-state index contributed by atoms with van der Waals surface area (Å²) in [7, 11) is 0. The molecule has 6 nitrogen and oxygen atoms in total. The molecule has 6 heteroatoms. The Labute approximate surface area is 207 Å². The van der Waals surface area contributed by atoms with Crippen molar-refractivity contribution in [3.05, 3.63) is 83.7 Å². The number of ether oxygens (including phenoxy) is 2. The van der Waals surface area contributed by atoms with E-state index in [1.807, 2.05) is 48.7 Å². The molecule has 0 atom stereocenters. The van der Waals surface area contributed by atoms with Crippen LogP contribution in [0.3, 0.4) is 0 Å². The normalized spacial score (nSPS) is 20.1. The van der Waals surface area contributed by atoms with Gasteiger partial charge in [0.1, 0.15) is 11.9 Å². The van der Waals surface area contributed by atoms with Crippen molar-refractivity contribution in [1.29, 1.82) is 0 Å². The molecule has 35 heavy (non-hydrogen) atoms. The molecule has 0 radical (unpaired) electrons. The van der Waals surface area contributed by atoms with Gasteiger partial charge in [0.15, 0.2) is 0 Å². The number of rotatable bonds is 8. The van der Waals surface area contributed by atoms with Gasteiger partial charge in [-0.05, 0) is 41.8 Å². The van der Waals surface area contributed by atoms with Gasteiger partial charge in [0.05, 0.1) is 19.6 Å². The average molecular weight is 472 g/mol. The van der Waals surface area contributed by atoms with Gasteiger partial charge in [-0.2, -0.15) is 0 Å². The summed E-state index contributed by atoms with van der Waals surface area (Å²) in [5, 5.41) is 2.95. The molecule has 1 saturated heterocycles. The first-order valence-electron chi connectivity index (χ1n) is 12.5. The van der Waals surface area contributed by atoms with E-state index in [4.69, 9.17) is 9.47 Å². The van der Waals surface area contributed by atoms with Crippen molar-refractivity contribution in [3.63, 3.8) is 0 Å². The zero-order valence-corrected chi connectivity index (χ0v) is 20.3. The number of hydrogen-bond donors (Lipinski definition) is 1. The lowest BCUT2D eigenvalue weighted by molar-refractivity contribution is -0.120. The van der Waals surface area contributed by atoms with Crippen molar-refractivity contribution in [1.82, 2.24) is 15.2 Å². The number of aryl methyl sites for hydroxylation is 1. The van der Waals surface area contributed by atoms with E-state index in [-0.39, 0.29) is 12.3 Å². The lowest BCUT2D eigenvalue weighted by Crippen LogP contribution is -2.52. The Morgan fingerprint density at radius 3 is 2.60 bits per heavy atom. The van der Waals surface area contributed by atoms with Crippen molar-refractivity contribution < 1.29 is 14.3 Å². The zero-order chi connectivity index (χ0) is 24.0. The highest BCUT2D eigenvalue weighted by Crippen LogP contribution is 2.32. The van der Waals surface area contributed by atoms with Crippen LogP contribution in [0.2, 0.25) is 0 Å². The molecular formula is C29H33N3O3. The van der Waals surface area contributed by atoms with Crippen LogP contribution in [0, 0.1) is 6.92 Å². The van der Waals surface area contributed by atoms with E-state index in [2.05, 4.69) is 40.3 Å². The summed E-state index contributed by atoms with van der Waals surface area (Å²) in [5.41, 5.74) is 5.17. The van der Waals surface area contributed by atoms with E-state index in [9.17, 15) is 4.79 Å². The molecule has 1 N–H and O–H groups in total. The number of nitrogens with zero attached hydrogens (tertiary/aromatic N) is 2. The van der Waals surface area contributed by atoms with E-state index >= 15 is 0 Å². The fourth-order valence-corrected chi connectivity index (χ4v) is 4.81. The van der Waals surface area contributed by atoms with E-state index in [0.717, 1.165) is 72.8 Å². The number of benzene rings is 2. The number of hydrogen-bond acceptors (Lipinski definition) is 5. The smallest absolute Gasteiger partial charge is 0.226 e. The summed E-state index contributed by atoms with van der Waals surface area (Å²) in [6, 6.07) is 20.8. The summed E-state index contributed by atoms with van der Waals surface area (Å²) in [4.78, 5) is 19.3. The number of amides is 1. The quantitative estimate of drug-likeness (QED) is 0.535. The Morgan fingerprint density at radius 2 is 1.89 bits per heavy atom. The van der Waals surface area contributed by atoms with Gasteiger partial charge in [-0.15, -0.1) is 0 Å². The largest absolute Gasteiger partial charge is 0.490 e. The van der Waals surface area contributed by atoms with Crippen LogP contribution in [0.4, 0.5) is 0 Å². The van der Waals surface area contributed by atoms with Gasteiger partial charge in [0.25, 0.3) is 0 Å². The van der Waals surface area contributed by atoms with Gasteiger partial charge in [0, 0.05) is 56.0 Å². The van der Waals surface area contributed by atoms with Crippen LogP contribution in [-0.2, 0) is 22.5 Å². The van der Waals surface area contributed by atoms with Crippen LogP contribution in [0.5, 0.6) is 5.75 Å². The molecule has 0 spiro atoms. The molecular weight excluding hydrogens is 438 g/mol.